The van der Waals surface area contributed by atoms with Gasteiger partial charge >= 0.3 is 5.97 Å². The van der Waals surface area contributed by atoms with Crippen molar-refractivity contribution in [3.8, 4) is 0 Å². The van der Waals surface area contributed by atoms with Crippen molar-refractivity contribution in [1.82, 2.24) is 4.98 Å². The second kappa shape index (κ2) is 6.54. The number of nitrogens with zero attached hydrogens (tertiary/aromatic N) is 3. The summed E-state index contributed by atoms with van der Waals surface area (Å²) >= 11 is 2.91. The molecule has 0 amide bonds. The van der Waals surface area contributed by atoms with Gasteiger partial charge < -0.3 is 9.64 Å². The Bertz CT molecular complexity index is 1190. The summed E-state index contributed by atoms with van der Waals surface area (Å²) in [6.07, 6.45) is -0.181. The quantitative estimate of drug-likeness (QED) is 0.280. The highest BCUT2D eigenvalue weighted by molar-refractivity contribution is 7.22. The molecule has 0 atom stereocenters. The Labute approximate surface area is 166 Å². The number of thiazole rings is 1. The molecule has 28 heavy (non-hydrogen) atoms. The number of carbonyl (C=O) groups excluding carboxylic acids is 1. The van der Waals surface area contributed by atoms with Gasteiger partial charge in [-0.15, -0.1) is 11.3 Å². The van der Waals surface area contributed by atoms with Crippen molar-refractivity contribution in [2.24, 2.45) is 0 Å². The van der Waals surface area contributed by atoms with E-state index in [-0.39, 0.29) is 11.8 Å². The van der Waals surface area contributed by atoms with E-state index in [9.17, 15) is 14.9 Å². The third kappa shape index (κ3) is 2.98. The van der Waals surface area contributed by atoms with Crippen molar-refractivity contribution in [2.75, 3.05) is 18.0 Å². The Hall–Kier alpha value is -3.04. The van der Waals surface area contributed by atoms with Crippen LogP contribution in [0.25, 0.3) is 20.3 Å². The summed E-state index contributed by atoms with van der Waals surface area (Å²) < 4.78 is 7.54. The maximum Gasteiger partial charge on any atom is 0.348 e. The Morgan fingerprint density at radius 1 is 1.14 bits per heavy atom. The fourth-order valence-electron chi connectivity index (χ4n) is 3.12. The number of hydrogen-bond donors (Lipinski definition) is 0. The van der Waals surface area contributed by atoms with Crippen molar-refractivity contribution in [3.05, 3.63) is 63.5 Å². The number of fused-ring (bicyclic) bond motifs is 2. The SMILES string of the molecule is O=C(OC1CN(c2nc3ccccc3s2)C1)c1cc2cc([N+](=O)[O-])ccc2s1. The molecular formula is C19H13N3O4S2. The van der Waals surface area contributed by atoms with E-state index in [0.29, 0.717) is 23.4 Å². The number of benzene rings is 2. The zero-order chi connectivity index (χ0) is 19.3. The lowest BCUT2D eigenvalue weighted by Gasteiger charge is -2.38. The number of hydrogen-bond acceptors (Lipinski definition) is 8. The van der Waals surface area contributed by atoms with E-state index in [0.717, 1.165) is 20.0 Å². The molecule has 1 aliphatic heterocycles. The van der Waals surface area contributed by atoms with Crippen LogP contribution in [0.1, 0.15) is 9.67 Å². The molecule has 1 fully saturated rings. The minimum atomic E-state index is -0.444. The molecule has 0 saturated carbocycles. The predicted octanol–water partition coefficient (Wildman–Crippen LogP) is 4.46. The molecule has 0 spiro atoms. The van der Waals surface area contributed by atoms with Gasteiger partial charge in [0.15, 0.2) is 5.13 Å². The molecule has 0 aliphatic carbocycles. The molecule has 2 aromatic carbocycles. The number of anilines is 1. The Balaban J connectivity index is 1.25. The van der Waals surface area contributed by atoms with Gasteiger partial charge in [0.05, 0.1) is 28.2 Å². The van der Waals surface area contributed by atoms with E-state index in [1.165, 1.54) is 23.5 Å². The van der Waals surface area contributed by atoms with Gasteiger partial charge in [-0.2, -0.15) is 0 Å². The normalized spacial score (nSPS) is 14.4. The molecule has 0 unspecified atom stereocenters. The minimum Gasteiger partial charge on any atom is -0.454 e. The van der Waals surface area contributed by atoms with Crippen LogP contribution in [0.5, 0.6) is 0 Å². The number of esters is 1. The Kier molecular flexibility index (Phi) is 3.99. The summed E-state index contributed by atoms with van der Waals surface area (Å²) in [7, 11) is 0. The van der Waals surface area contributed by atoms with Gasteiger partial charge in [-0.1, -0.05) is 23.5 Å². The number of rotatable bonds is 4. The highest BCUT2D eigenvalue weighted by Gasteiger charge is 2.32. The molecule has 2 aromatic heterocycles. The van der Waals surface area contributed by atoms with Crippen LogP contribution in [-0.4, -0.2) is 35.1 Å². The summed E-state index contributed by atoms with van der Waals surface area (Å²) in [5, 5.41) is 12.5. The van der Waals surface area contributed by atoms with E-state index in [1.54, 1.807) is 23.5 Å². The fourth-order valence-corrected chi connectivity index (χ4v) is 5.03. The first-order chi connectivity index (χ1) is 13.6. The molecule has 9 heteroatoms. The number of non-ortho nitro benzene ring substituents is 1. The first-order valence-electron chi connectivity index (χ1n) is 8.56. The summed E-state index contributed by atoms with van der Waals surface area (Å²) in [5.41, 5.74) is 0.984. The van der Waals surface area contributed by atoms with Crippen LogP contribution < -0.4 is 4.90 Å². The van der Waals surface area contributed by atoms with Crippen LogP contribution in [-0.2, 0) is 4.74 Å². The van der Waals surface area contributed by atoms with Gasteiger partial charge in [0.1, 0.15) is 11.0 Å². The van der Waals surface area contributed by atoms with E-state index >= 15 is 0 Å². The van der Waals surface area contributed by atoms with Gasteiger partial charge in [0.2, 0.25) is 0 Å². The molecule has 4 aromatic rings. The lowest BCUT2D eigenvalue weighted by Crippen LogP contribution is -2.53. The Morgan fingerprint density at radius 3 is 2.75 bits per heavy atom. The van der Waals surface area contributed by atoms with Gasteiger partial charge in [-0.05, 0) is 24.3 Å². The third-order valence-electron chi connectivity index (χ3n) is 4.59. The summed E-state index contributed by atoms with van der Waals surface area (Å²) in [4.78, 5) is 30.0. The van der Waals surface area contributed by atoms with Crippen LogP contribution in [0, 0.1) is 10.1 Å². The van der Waals surface area contributed by atoms with Crippen LogP contribution in [0.3, 0.4) is 0 Å². The topological polar surface area (TPSA) is 85.6 Å². The molecule has 5 rings (SSSR count). The van der Waals surface area contributed by atoms with Gasteiger partial charge in [-0.25, -0.2) is 9.78 Å². The fraction of sp³-hybridized carbons (Fsp3) is 0.158. The first kappa shape index (κ1) is 17.1. The number of carbonyl (C=O) groups is 1. The summed E-state index contributed by atoms with van der Waals surface area (Å²) in [6.45, 7) is 1.23. The molecule has 0 radical (unpaired) electrons. The molecule has 3 heterocycles. The van der Waals surface area contributed by atoms with Crippen LogP contribution in [0.4, 0.5) is 10.8 Å². The standard InChI is InChI=1S/C19H13N3O4S2/c23-18(17-8-11-7-12(22(24)25)5-6-15(11)27-17)26-13-9-21(10-13)19-20-14-3-1-2-4-16(14)28-19/h1-8,13H,9-10H2. The molecular weight excluding hydrogens is 398 g/mol. The van der Waals surface area contributed by atoms with Crippen LogP contribution >= 0.6 is 22.7 Å². The van der Waals surface area contributed by atoms with E-state index in [1.807, 2.05) is 24.3 Å². The number of para-hydroxylation sites is 1. The monoisotopic (exact) mass is 411 g/mol. The smallest absolute Gasteiger partial charge is 0.348 e. The average Bonchev–Trinajstić information content (AvgIpc) is 3.26. The molecule has 0 N–H and O–H groups in total. The third-order valence-corrected chi connectivity index (χ3v) is 6.78. The minimum absolute atomic E-state index is 0.00990. The summed E-state index contributed by atoms with van der Waals surface area (Å²) in [6, 6.07) is 14.2. The van der Waals surface area contributed by atoms with Crippen LogP contribution in [0.15, 0.2) is 48.5 Å². The molecule has 140 valence electrons. The highest BCUT2D eigenvalue weighted by atomic mass is 32.1. The lowest BCUT2D eigenvalue weighted by atomic mass is 10.2. The van der Waals surface area contributed by atoms with Gasteiger partial charge in [-0.3, -0.25) is 10.1 Å². The first-order valence-corrected chi connectivity index (χ1v) is 10.2. The van der Waals surface area contributed by atoms with Crippen LogP contribution in [0.2, 0.25) is 0 Å². The molecule has 0 bridgehead atoms. The Morgan fingerprint density at radius 2 is 1.96 bits per heavy atom. The number of thiophene rings is 1. The second-order valence-corrected chi connectivity index (χ2v) is 8.58. The van der Waals surface area contributed by atoms with Crippen molar-refractivity contribution in [2.45, 2.75) is 6.10 Å². The molecule has 1 saturated heterocycles. The summed E-state index contributed by atoms with van der Waals surface area (Å²) in [5.74, 6) is -0.391. The van der Waals surface area contributed by atoms with Gasteiger partial charge in [0, 0.05) is 22.2 Å². The predicted molar refractivity (Wildman–Crippen MR) is 110 cm³/mol. The van der Waals surface area contributed by atoms with Crippen molar-refractivity contribution in [1.29, 1.82) is 0 Å². The van der Waals surface area contributed by atoms with E-state index < -0.39 is 10.9 Å². The number of nitro benzene ring substituents is 1. The number of nitro groups is 1. The largest absolute Gasteiger partial charge is 0.454 e. The van der Waals surface area contributed by atoms with E-state index in [4.69, 9.17) is 4.74 Å². The zero-order valence-corrected chi connectivity index (χ0v) is 16.0. The molecule has 7 nitrogen and oxygen atoms in total. The van der Waals surface area contributed by atoms with Gasteiger partial charge in [0.25, 0.3) is 5.69 Å². The second-order valence-electron chi connectivity index (χ2n) is 6.49. The maximum atomic E-state index is 12.4. The lowest BCUT2D eigenvalue weighted by molar-refractivity contribution is -0.384. The number of ether oxygens (including phenoxy) is 1. The van der Waals surface area contributed by atoms with Crippen molar-refractivity contribution in [3.63, 3.8) is 0 Å². The molecule has 1 aliphatic rings. The number of aromatic nitrogens is 1. The highest BCUT2D eigenvalue weighted by Crippen LogP contribution is 2.33. The average molecular weight is 411 g/mol. The van der Waals surface area contributed by atoms with Crippen molar-refractivity contribution < 1.29 is 14.5 Å². The van der Waals surface area contributed by atoms with E-state index in [2.05, 4.69) is 9.88 Å². The maximum absolute atomic E-state index is 12.4. The van der Waals surface area contributed by atoms with Crippen molar-refractivity contribution >= 4 is 59.8 Å². The zero-order valence-electron chi connectivity index (χ0n) is 14.4.